The van der Waals surface area contributed by atoms with Crippen molar-refractivity contribution in [2.45, 2.75) is 18.9 Å². The Labute approximate surface area is 99.4 Å². The Balaban J connectivity index is 2.07. The lowest BCUT2D eigenvalue weighted by Gasteiger charge is -2.23. The molecule has 2 aromatic rings. The summed E-state index contributed by atoms with van der Waals surface area (Å²) in [7, 11) is 0. The van der Waals surface area contributed by atoms with E-state index >= 15 is 0 Å². The van der Waals surface area contributed by atoms with Gasteiger partial charge in [-0.25, -0.2) is 0 Å². The number of ether oxygens (including phenoxy) is 1. The van der Waals surface area contributed by atoms with Crippen molar-refractivity contribution in [1.29, 1.82) is 0 Å². The molecular weight excluding hydrogens is 214 g/mol. The summed E-state index contributed by atoms with van der Waals surface area (Å²) in [6, 6.07) is 8.04. The Morgan fingerprint density at radius 3 is 3.12 bits per heavy atom. The first-order valence-electron chi connectivity index (χ1n) is 5.80. The van der Waals surface area contributed by atoms with Gasteiger partial charge in [-0.05, 0) is 17.0 Å². The molecule has 1 atom stereocenters. The van der Waals surface area contributed by atoms with E-state index < -0.39 is 0 Å². The van der Waals surface area contributed by atoms with Gasteiger partial charge in [0, 0.05) is 30.6 Å². The molecule has 1 saturated heterocycles. The van der Waals surface area contributed by atoms with Gasteiger partial charge in [-0.3, -0.25) is 9.78 Å². The molecule has 1 fully saturated rings. The molecule has 0 N–H and O–H groups in total. The number of carbonyl (C=O) groups excluding carboxylic acids is 1. The van der Waals surface area contributed by atoms with E-state index in [1.807, 2.05) is 30.5 Å². The molecule has 0 spiro atoms. The van der Waals surface area contributed by atoms with Crippen LogP contribution in [-0.4, -0.2) is 17.4 Å². The number of aromatic nitrogens is 1. The lowest BCUT2D eigenvalue weighted by molar-refractivity contribution is -0.128. The highest BCUT2D eigenvalue weighted by Gasteiger charge is 2.22. The van der Waals surface area contributed by atoms with Gasteiger partial charge in [0.1, 0.15) is 5.78 Å². The largest absolute Gasteiger partial charge is 0.373 e. The molecule has 3 nitrogen and oxygen atoms in total. The van der Waals surface area contributed by atoms with E-state index in [0.717, 1.165) is 16.3 Å². The molecule has 0 amide bonds. The number of carbonyl (C=O) groups is 1. The molecule has 17 heavy (non-hydrogen) atoms. The molecule has 0 bridgehead atoms. The van der Waals surface area contributed by atoms with Crippen LogP contribution in [0.25, 0.3) is 10.8 Å². The van der Waals surface area contributed by atoms with Crippen molar-refractivity contribution in [1.82, 2.24) is 4.98 Å². The molecule has 3 rings (SSSR count). The van der Waals surface area contributed by atoms with Crippen LogP contribution in [0.4, 0.5) is 0 Å². The highest BCUT2D eigenvalue weighted by molar-refractivity contribution is 5.86. The van der Waals surface area contributed by atoms with E-state index in [9.17, 15) is 4.79 Å². The molecule has 1 aliphatic heterocycles. The smallest absolute Gasteiger partial charge is 0.138 e. The number of nitrogens with zero attached hydrogens (tertiary/aromatic N) is 1. The predicted octanol–water partition coefficient (Wildman–Crippen LogP) is 2.66. The molecule has 0 aliphatic carbocycles. The molecule has 1 unspecified atom stereocenters. The van der Waals surface area contributed by atoms with Crippen LogP contribution in [-0.2, 0) is 9.53 Å². The lowest BCUT2D eigenvalue weighted by Crippen LogP contribution is -2.19. The van der Waals surface area contributed by atoms with Crippen molar-refractivity contribution < 1.29 is 9.53 Å². The molecule has 0 radical (unpaired) electrons. The maximum atomic E-state index is 11.5. The zero-order valence-corrected chi connectivity index (χ0v) is 9.43. The van der Waals surface area contributed by atoms with Crippen molar-refractivity contribution in [3.05, 3.63) is 42.2 Å². The van der Waals surface area contributed by atoms with Gasteiger partial charge < -0.3 is 4.74 Å². The van der Waals surface area contributed by atoms with Crippen LogP contribution in [0.3, 0.4) is 0 Å². The van der Waals surface area contributed by atoms with Gasteiger partial charge in [0.15, 0.2) is 0 Å². The van der Waals surface area contributed by atoms with Gasteiger partial charge in [0.05, 0.1) is 12.7 Å². The Bertz CT molecular complexity index is 560. The van der Waals surface area contributed by atoms with E-state index in [1.54, 1.807) is 6.20 Å². The zero-order valence-electron chi connectivity index (χ0n) is 9.43. The van der Waals surface area contributed by atoms with Crippen LogP contribution in [0.2, 0.25) is 0 Å². The number of rotatable bonds is 1. The minimum Gasteiger partial charge on any atom is -0.373 e. The fourth-order valence-electron chi connectivity index (χ4n) is 2.30. The number of pyridine rings is 1. The van der Waals surface area contributed by atoms with Crippen LogP contribution in [0.15, 0.2) is 36.7 Å². The van der Waals surface area contributed by atoms with Crippen LogP contribution < -0.4 is 0 Å². The maximum Gasteiger partial charge on any atom is 0.138 e. The molecular formula is C14H13NO2. The second-order valence-electron chi connectivity index (χ2n) is 4.30. The van der Waals surface area contributed by atoms with E-state index in [-0.39, 0.29) is 11.9 Å². The first-order valence-corrected chi connectivity index (χ1v) is 5.80. The number of ketones is 1. The van der Waals surface area contributed by atoms with E-state index in [2.05, 4.69) is 4.98 Å². The third kappa shape index (κ3) is 1.94. The quantitative estimate of drug-likeness (QED) is 0.751. The summed E-state index contributed by atoms with van der Waals surface area (Å²) in [5.41, 5.74) is 1.07. The normalized spacial score (nSPS) is 20.7. The van der Waals surface area contributed by atoms with Gasteiger partial charge in [-0.15, -0.1) is 0 Å². The standard InChI is InChI=1S/C14H13NO2/c16-11-5-7-17-14(8-11)12-3-1-2-10-4-6-15-9-13(10)12/h1-4,6,9,14H,5,7-8H2. The second-order valence-corrected chi connectivity index (χ2v) is 4.30. The fraction of sp³-hybridized carbons (Fsp3) is 0.286. The summed E-state index contributed by atoms with van der Waals surface area (Å²) in [6.07, 6.45) is 4.53. The molecule has 86 valence electrons. The average molecular weight is 227 g/mol. The molecule has 3 heteroatoms. The third-order valence-corrected chi connectivity index (χ3v) is 3.18. The van der Waals surface area contributed by atoms with Crippen LogP contribution >= 0.6 is 0 Å². The summed E-state index contributed by atoms with van der Waals surface area (Å²) in [6.45, 7) is 0.528. The number of fused-ring (bicyclic) bond motifs is 1. The number of hydrogen-bond donors (Lipinski definition) is 0. The molecule has 1 aromatic carbocycles. The van der Waals surface area contributed by atoms with Crippen LogP contribution in [0, 0.1) is 0 Å². The number of hydrogen-bond acceptors (Lipinski definition) is 3. The first kappa shape index (κ1) is 10.4. The molecule has 1 aromatic heterocycles. The summed E-state index contributed by atoms with van der Waals surface area (Å²) < 4.78 is 5.69. The van der Waals surface area contributed by atoms with Gasteiger partial charge in [0.2, 0.25) is 0 Å². The molecule has 1 aliphatic rings. The van der Waals surface area contributed by atoms with E-state index in [1.165, 1.54) is 0 Å². The van der Waals surface area contributed by atoms with Crippen molar-refractivity contribution in [3.63, 3.8) is 0 Å². The lowest BCUT2D eigenvalue weighted by atomic mass is 9.96. The monoisotopic (exact) mass is 227 g/mol. The molecule has 2 heterocycles. The number of benzene rings is 1. The van der Waals surface area contributed by atoms with Gasteiger partial charge in [0.25, 0.3) is 0 Å². The fourth-order valence-corrected chi connectivity index (χ4v) is 2.30. The van der Waals surface area contributed by atoms with Gasteiger partial charge in [-0.2, -0.15) is 0 Å². The minimum absolute atomic E-state index is 0.107. The molecule has 0 saturated carbocycles. The Hall–Kier alpha value is -1.74. The van der Waals surface area contributed by atoms with Crippen LogP contribution in [0.5, 0.6) is 0 Å². The highest BCUT2D eigenvalue weighted by Crippen LogP contribution is 2.31. The van der Waals surface area contributed by atoms with Crippen molar-refractivity contribution in [3.8, 4) is 0 Å². The van der Waals surface area contributed by atoms with E-state index in [4.69, 9.17) is 4.74 Å². The van der Waals surface area contributed by atoms with Gasteiger partial charge >= 0.3 is 0 Å². The summed E-state index contributed by atoms with van der Waals surface area (Å²) in [5.74, 6) is 0.280. The van der Waals surface area contributed by atoms with E-state index in [0.29, 0.717) is 19.4 Å². The van der Waals surface area contributed by atoms with Crippen molar-refractivity contribution in [2.24, 2.45) is 0 Å². The Morgan fingerprint density at radius 2 is 2.24 bits per heavy atom. The average Bonchev–Trinajstić information content (AvgIpc) is 2.38. The SMILES string of the molecule is O=C1CCOC(c2cccc3ccncc23)C1. The first-order chi connectivity index (χ1) is 8.34. The summed E-state index contributed by atoms with van der Waals surface area (Å²) >= 11 is 0. The summed E-state index contributed by atoms with van der Waals surface area (Å²) in [5, 5.41) is 2.22. The van der Waals surface area contributed by atoms with Crippen molar-refractivity contribution in [2.75, 3.05) is 6.61 Å². The summed E-state index contributed by atoms with van der Waals surface area (Å²) in [4.78, 5) is 15.6. The zero-order chi connectivity index (χ0) is 11.7. The Morgan fingerprint density at radius 1 is 1.29 bits per heavy atom. The number of Topliss-reactive ketones (excluding diaryl/α,β-unsaturated/α-hetero) is 1. The topological polar surface area (TPSA) is 39.2 Å². The highest BCUT2D eigenvalue weighted by atomic mass is 16.5. The second kappa shape index (κ2) is 4.26. The van der Waals surface area contributed by atoms with Crippen LogP contribution in [0.1, 0.15) is 24.5 Å². The minimum atomic E-state index is -0.107. The third-order valence-electron chi connectivity index (χ3n) is 3.18. The predicted molar refractivity (Wildman–Crippen MR) is 64.7 cm³/mol. The van der Waals surface area contributed by atoms with Crippen molar-refractivity contribution >= 4 is 16.6 Å². The maximum absolute atomic E-state index is 11.5. The van der Waals surface area contributed by atoms with Gasteiger partial charge in [-0.1, -0.05) is 18.2 Å². The Kier molecular flexibility index (Phi) is 2.61.